The summed E-state index contributed by atoms with van der Waals surface area (Å²) in [6.45, 7) is -0.250. The van der Waals surface area contributed by atoms with Crippen molar-refractivity contribution < 1.29 is 4.79 Å². The summed E-state index contributed by atoms with van der Waals surface area (Å²) in [5.41, 5.74) is 0.351. The third-order valence-corrected chi connectivity index (χ3v) is 3.21. The molecule has 1 rings (SSSR count). The monoisotopic (exact) mass is 311 g/mol. The van der Waals surface area contributed by atoms with Crippen LogP contribution in [0.25, 0.3) is 0 Å². The van der Waals surface area contributed by atoms with Crippen LogP contribution >= 0.6 is 27.5 Å². The van der Waals surface area contributed by atoms with Gasteiger partial charge in [0.25, 0.3) is 5.91 Å². The highest BCUT2D eigenvalue weighted by molar-refractivity contribution is 9.10. The Labute approximate surface area is 112 Å². The summed E-state index contributed by atoms with van der Waals surface area (Å²) in [5.74, 6) is -0.387. The second-order valence-electron chi connectivity index (χ2n) is 3.11. The summed E-state index contributed by atoms with van der Waals surface area (Å²) in [6, 6.07) is 8.41. The van der Waals surface area contributed by atoms with Crippen molar-refractivity contribution in [1.29, 1.82) is 10.5 Å². The molecule has 0 atom stereocenters. The molecule has 0 spiro atoms. The lowest BCUT2D eigenvalue weighted by Crippen LogP contribution is -2.31. The van der Waals surface area contributed by atoms with Gasteiger partial charge in [-0.3, -0.25) is 4.79 Å². The van der Waals surface area contributed by atoms with E-state index in [-0.39, 0.29) is 19.0 Å². The third-order valence-electron chi connectivity index (χ3n) is 1.98. The minimum atomic E-state index is -0.387. The minimum Gasteiger partial charge on any atom is -0.312 e. The zero-order chi connectivity index (χ0) is 12.8. The Morgan fingerprint density at radius 1 is 1.35 bits per heavy atom. The molecule has 0 aliphatic carbocycles. The van der Waals surface area contributed by atoms with Crippen molar-refractivity contribution in [2.24, 2.45) is 0 Å². The van der Waals surface area contributed by atoms with Crippen LogP contribution in [0.2, 0.25) is 5.02 Å². The molecule has 1 aromatic rings. The van der Waals surface area contributed by atoms with Gasteiger partial charge in [0.15, 0.2) is 0 Å². The molecule has 0 heterocycles. The highest BCUT2D eigenvalue weighted by Crippen LogP contribution is 2.23. The summed E-state index contributed by atoms with van der Waals surface area (Å²) in [7, 11) is 0. The van der Waals surface area contributed by atoms with Crippen LogP contribution in [0.5, 0.6) is 0 Å². The fraction of sp³-hybridized carbons (Fsp3) is 0.182. The van der Waals surface area contributed by atoms with Gasteiger partial charge in [0.1, 0.15) is 13.1 Å². The van der Waals surface area contributed by atoms with E-state index in [0.29, 0.717) is 15.1 Å². The van der Waals surface area contributed by atoms with E-state index in [0.717, 1.165) is 4.90 Å². The summed E-state index contributed by atoms with van der Waals surface area (Å²) in [5, 5.41) is 17.5. The lowest BCUT2D eigenvalue weighted by atomic mass is 10.2. The number of hydrogen-bond donors (Lipinski definition) is 0. The largest absolute Gasteiger partial charge is 0.312 e. The Hall–Kier alpha value is -1.56. The number of halogens is 2. The molecule has 0 unspecified atom stereocenters. The lowest BCUT2D eigenvalue weighted by Gasteiger charge is -2.15. The molecule has 1 amide bonds. The Balaban J connectivity index is 2.98. The van der Waals surface area contributed by atoms with Crippen LogP contribution < -0.4 is 0 Å². The first kappa shape index (κ1) is 13.5. The molecule has 4 nitrogen and oxygen atoms in total. The molecule has 0 radical (unpaired) electrons. The van der Waals surface area contributed by atoms with Gasteiger partial charge >= 0.3 is 0 Å². The fourth-order valence-corrected chi connectivity index (χ4v) is 1.61. The molecular weight excluding hydrogens is 305 g/mol. The van der Waals surface area contributed by atoms with Gasteiger partial charge in [-0.25, -0.2) is 0 Å². The molecule has 1 aromatic carbocycles. The molecular formula is C11H7BrClN3O. The van der Waals surface area contributed by atoms with Crippen molar-refractivity contribution in [3.8, 4) is 12.1 Å². The van der Waals surface area contributed by atoms with Crippen LogP contribution in [0, 0.1) is 22.7 Å². The van der Waals surface area contributed by atoms with Crippen LogP contribution in [0.15, 0.2) is 22.7 Å². The third kappa shape index (κ3) is 3.45. The molecule has 0 aliphatic rings. The van der Waals surface area contributed by atoms with Gasteiger partial charge in [0.05, 0.1) is 17.2 Å². The molecule has 0 fully saturated rings. The predicted octanol–water partition coefficient (Wildman–Crippen LogP) is 2.59. The molecule has 17 heavy (non-hydrogen) atoms. The number of hydrogen-bond acceptors (Lipinski definition) is 3. The molecule has 6 heteroatoms. The van der Waals surface area contributed by atoms with Gasteiger partial charge in [-0.1, -0.05) is 11.6 Å². The van der Waals surface area contributed by atoms with Crippen molar-refractivity contribution in [2.45, 2.75) is 0 Å². The SMILES string of the molecule is N#CCN(CC#N)C(=O)c1ccc(Br)c(Cl)c1. The zero-order valence-corrected chi connectivity index (χ0v) is 11.0. The number of nitrogens with zero attached hydrogens (tertiary/aromatic N) is 3. The molecule has 0 N–H and O–H groups in total. The minimum absolute atomic E-state index is 0.125. The maximum absolute atomic E-state index is 11.9. The molecule has 0 saturated carbocycles. The second-order valence-corrected chi connectivity index (χ2v) is 4.37. The molecule has 0 aliphatic heterocycles. The highest BCUT2D eigenvalue weighted by Gasteiger charge is 2.15. The van der Waals surface area contributed by atoms with Crippen molar-refractivity contribution >= 4 is 33.4 Å². The maximum atomic E-state index is 11.9. The molecule has 0 aromatic heterocycles. The first-order chi connectivity index (χ1) is 8.10. The van der Waals surface area contributed by atoms with Gasteiger partial charge in [-0.05, 0) is 34.1 Å². The van der Waals surface area contributed by atoms with E-state index in [4.69, 9.17) is 22.1 Å². The first-order valence-electron chi connectivity index (χ1n) is 4.58. The first-order valence-corrected chi connectivity index (χ1v) is 5.75. The molecule has 86 valence electrons. The van der Waals surface area contributed by atoms with Crippen LogP contribution in [0.4, 0.5) is 0 Å². The average Bonchev–Trinajstić information content (AvgIpc) is 2.31. The van der Waals surface area contributed by atoms with E-state index in [1.807, 2.05) is 12.1 Å². The van der Waals surface area contributed by atoms with E-state index in [2.05, 4.69) is 15.9 Å². The maximum Gasteiger partial charge on any atom is 0.255 e. The second kappa shape index (κ2) is 6.24. The standard InChI is InChI=1S/C11H7BrClN3O/c12-9-2-1-8(7-10(9)13)11(17)16(5-3-14)6-4-15/h1-2,7H,5-6H2. The average molecular weight is 313 g/mol. The van der Waals surface area contributed by atoms with E-state index >= 15 is 0 Å². The summed E-state index contributed by atoms with van der Waals surface area (Å²) >= 11 is 9.08. The highest BCUT2D eigenvalue weighted by atomic mass is 79.9. The van der Waals surface area contributed by atoms with Crippen LogP contribution in [-0.4, -0.2) is 23.9 Å². The Morgan fingerprint density at radius 3 is 2.41 bits per heavy atom. The van der Waals surface area contributed by atoms with Gasteiger partial charge in [0.2, 0.25) is 0 Å². The van der Waals surface area contributed by atoms with E-state index in [1.54, 1.807) is 12.1 Å². The number of nitriles is 2. The quantitative estimate of drug-likeness (QED) is 0.806. The Bertz CT molecular complexity index is 502. The van der Waals surface area contributed by atoms with E-state index in [9.17, 15) is 4.79 Å². The molecule has 0 saturated heterocycles. The topological polar surface area (TPSA) is 67.9 Å². The Kier molecular flexibility index (Phi) is 4.96. The smallest absolute Gasteiger partial charge is 0.255 e. The van der Waals surface area contributed by atoms with Crippen LogP contribution in [0.1, 0.15) is 10.4 Å². The normalized spacial score (nSPS) is 9.18. The van der Waals surface area contributed by atoms with E-state index < -0.39 is 0 Å². The Morgan fingerprint density at radius 2 is 1.94 bits per heavy atom. The van der Waals surface area contributed by atoms with Gasteiger partial charge in [-0.15, -0.1) is 0 Å². The van der Waals surface area contributed by atoms with Crippen molar-refractivity contribution in [3.63, 3.8) is 0 Å². The van der Waals surface area contributed by atoms with E-state index in [1.165, 1.54) is 6.07 Å². The zero-order valence-electron chi connectivity index (χ0n) is 8.65. The van der Waals surface area contributed by atoms with Crippen LogP contribution in [-0.2, 0) is 0 Å². The van der Waals surface area contributed by atoms with Crippen molar-refractivity contribution in [2.75, 3.05) is 13.1 Å². The fourth-order valence-electron chi connectivity index (χ4n) is 1.18. The molecule has 0 bridgehead atoms. The van der Waals surface area contributed by atoms with Gasteiger partial charge < -0.3 is 4.90 Å². The number of rotatable bonds is 3. The predicted molar refractivity (Wildman–Crippen MR) is 66.3 cm³/mol. The lowest BCUT2D eigenvalue weighted by molar-refractivity contribution is 0.0794. The van der Waals surface area contributed by atoms with Crippen molar-refractivity contribution in [3.05, 3.63) is 33.3 Å². The number of benzene rings is 1. The number of carbonyl (C=O) groups excluding carboxylic acids is 1. The summed E-state index contributed by atoms with van der Waals surface area (Å²) < 4.78 is 0.683. The van der Waals surface area contributed by atoms with Gasteiger partial charge in [0, 0.05) is 10.0 Å². The number of amides is 1. The summed E-state index contributed by atoms with van der Waals surface area (Å²) in [4.78, 5) is 13.1. The number of carbonyl (C=O) groups is 1. The summed E-state index contributed by atoms with van der Waals surface area (Å²) in [6.07, 6.45) is 0. The van der Waals surface area contributed by atoms with Crippen molar-refractivity contribution in [1.82, 2.24) is 4.90 Å². The van der Waals surface area contributed by atoms with Gasteiger partial charge in [-0.2, -0.15) is 10.5 Å². The van der Waals surface area contributed by atoms with Crippen LogP contribution in [0.3, 0.4) is 0 Å².